The van der Waals surface area contributed by atoms with E-state index in [2.05, 4.69) is 195 Å². The van der Waals surface area contributed by atoms with Crippen LogP contribution < -0.4 is 13.7 Å². The van der Waals surface area contributed by atoms with Gasteiger partial charge in [0.25, 0.3) is 0 Å². The molecule has 317 valence electrons. The van der Waals surface area contributed by atoms with Gasteiger partial charge in [0.1, 0.15) is 0 Å². The van der Waals surface area contributed by atoms with Gasteiger partial charge in [-0.15, -0.1) is 0 Å². The fourth-order valence-corrected chi connectivity index (χ4v) is 50.7. The number of hydrogen-bond donors (Lipinski definition) is 0. The SMILES string of the molecule is CC(C)CC1=Cc2c(-c3ccccc3CC(C)C)cccc2[CH]1[Hf]([Cl])([Cl])([c]1cccc2c1[SiH2]c1ccccc1-2)[CH]1C(CC(C)C)=Cc2c(-c3ccccc3CC(C)C)cccc21. The first-order valence-electron chi connectivity index (χ1n) is 23.4. The normalized spacial score (nSPS) is 17.6. The molecule has 0 N–H and O–H groups in total. The van der Waals surface area contributed by atoms with Crippen LogP contribution in [0.1, 0.15) is 109 Å². The molecule has 0 saturated carbocycles. The van der Waals surface area contributed by atoms with Gasteiger partial charge in [-0.05, 0) is 0 Å². The number of allylic oxidation sites excluding steroid dienone is 2. The summed E-state index contributed by atoms with van der Waals surface area (Å²) in [7, 11) is 18.1. The molecule has 6 aromatic rings. The fourth-order valence-electron chi connectivity index (χ4n) is 11.8. The molecule has 0 aromatic heterocycles. The standard InChI is InChI=1S/2C23H27.C12H9Si.2ClH.Hf/c2*1-16(2)12-18-14-20-9-7-11-22(23(20)15-18)21-10-6-5-8-19(21)13-17(3)4;1-3-7-11-9(5-1)10-6-2-4-8-12(10)13-11;;;/h2*5-11,14-17H,12-13H2,1-4H3;1-7H,13H2;2*1H;/q;;;;;+2/p-2. The van der Waals surface area contributed by atoms with Crippen molar-refractivity contribution in [1.29, 1.82) is 0 Å². The summed E-state index contributed by atoms with van der Waals surface area (Å²) in [5.74, 6) is 1.98. The molecule has 0 amide bonds. The van der Waals surface area contributed by atoms with E-state index < -0.39 is 25.7 Å². The third-order valence-corrected chi connectivity index (χ3v) is 45.6. The third-order valence-electron chi connectivity index (χ3n) is 13.9. The molecule has 2 atom stereocenters. The van der Waals surface area contributed by atoms with Crippen LogP contribution in [0.5, 0.6) is 0 Å². The Hall–Kier alpha value is -3.53. The zero-order valence-electron chi connectivity index (χ0n) is 38.0. The van der Waals surface area contributed by atoms with Crippen molar-refractivity contribution in [3.63, 3.8) is 0 Å². The fraction of sp³-hybridized carbons (Fsp3) is 0.310. The quantitative estimate of drug-likeness (QED) is 0.101. The molecule has 0 fully saturated rings. The molecule has 3 aliphatic rings. The number of rotatable bonds is 13. The van der Waals surface area contributed by atoms with Gasteiger partial charge < -0.3 is 0 Å². The predicted octanol–water partition coefficient (Wildman–Crippen LogP) is 14.5. The molecule has 0 nitrogen and oxygen atoms in total. The van der Waals surface area contributed by atoms with E-state index in [-0.39, 0.29) is 7.35 Å². The van der Waals surface area contributed by atoms with Crippen LogP contribution in [-0.4, -0.2) is 9.52 Å². The zero-order chi connectivity index (χ0) is 43.5. The molecule has 4 heteroatoms. The van der Waals surface area contributed by atoms with Crippen LogP contribution in [-0.2, 0) is 29.0 Å². The summed E-state index contributed by atoms with van der Waals surface area (Å²) in [5, 5.41) is 2.99. The Morgan fingerprint density at radius 2 is 0.839 bits per heavy atom. The molecule has 6 aromatic carbocycles. The minimum atomic E-state index is -5.87. The molecular weight excluding hydrogens is 974 g/mol. The Balaban J connectivity index is 1.36. The first kappa shape index (κ1) is 43.7. The first-order valence-corrected chi connectivity index (χ1v) is 39.6. The third kappa shape index (κ3) is 7.57. The summed E-state index contributed by atoms with van der Waals surface area (Å²) in [6, 6.07) is 48.5. The van der Waals surface area contributed by atoms with Gasteiger partial charge in [-0.1, -0.05) is 0 Å². The average molecular weight is 1040 g/mol. The zero-order valence-corrected chi connectivity index (χ0v) is 44.6. The summed E-state index contributed by atoms with van der Waals surface area (Å²) in [6.45, 7) is 18.8. The summed E-state index contributed by atoms with van der Waals surface area (Å²) in [4.78, 5) is 0. The van der Waals surface area contributed by atoms with Crippen molar-refractivity contribution in [2.24, 2.45) is 23.7 Å². The molecule has 2 aliphatic carbocycles. The van der Waals surface area contributed by atoms with Gasteiger partial charge in [0.2, 0.25) is 0 Å². The van der Waals surface area contributed by atoms with E-state index in [1.807, 2.05) is 0 Å². The number of fused-ring (bicyclic) bond motifs is 5. The molecule has 1 aliphatic heterocycles. The molecule has 2 unspecified atom stereocenters. The van der Waals surface area contributed by atoms with Crippen LogP contribution >= 0.6 is 17.2 Å². The molecule has 9 rings (SSSR count). The Morgan fingerprint density at radius 3 is 1.32 bits per heavy atom. The van der Waals surface area contributed by atoms with E-state index in [1.165, 1.54) is 91.6 Å². The van der Waals surface area contributed by atoms with Gasteiger partial charge in [0, 0.05) is 0 Å². The second-order valence-electron chi connectivity index (χ2n) is 20.4. The van der Waals surface area contributed by atoms with Crippen molar-refractivity contribution in [2.75, 3.05) is 0 Å². The van der Waals surface area contributed by atoms with E-state index in [0.717, 1.165) is 25.7 Å². The summed E-state index contributed by atoms with van der Waals surface area (Å²) < 4.78 is 1.15. The van der Waals surface area contributed by atoms with Crippen LogP contribution in [0, 0.1) is 23.7 Å². The molecule has 0 radical (unpaired) electrons. The molecular formula is C58H63Cl2HfSi. The van der Waals surface area contributed by atoms with Gasteiger partial charge in [-0.3, -0.25) is 0 Å². The van der Waals surface area contributed by atoms with Crippen molar-refractivity contribution in [2.45, 2.75) is 88.4 Å². The molecule has 62 heavy (non-hydrogen) atoms. The summed E-state index contributed by atoms with van der Waals surface area (Å²) in [6.07, 6.45) is 9.12. The van der Waals surface area contributed by atoms with Crippen LogP contribution in [0.25, 0.3) is 45.5 Å². The molecule has 1 heterocycles. The van der Waals surface area contributed by atoms with Crippen LogP contribution in [0.3, 0.4) is 0 Å². The van der Waals surface area contributed by atoms with Crippen molar-refractivity contribution in [3.8, 4) is 33.4 Å². The Kier molecular flexibility index (Phi) is 12.1. The second-order valence-corrected chi connectivity index (χ2v) is 51.5. The predicted molar refractivity (Wildman–Crippen MR) is 272 cm³/mol. The number of halogens is 2. The molecule has 0 spiro atoms. The number of hydrogen-bond acceptors (Lipinski definition) is 0. The van der Waals surface area contributed by atoms with E-state index in [1.54, 1.807) is 0 Å². The number of benzene rings is 6. The van der Waals surface area contributed by atoms with Crippen LogP contribution in [0.4, 0.5) is 0 Å². The second kappa shape index (κ2) is 17.1. The topological polar surface area (TPSA) is 0 Å². The van der Waals surface area contributed by atoms with Gasteiger partial charge >= 0.3 is 386 Å². The van der Waals surface area contributed by atoms with Gasteiger partial charge in [0.05, 0.1) is 0 Å². The van der Waals surface area contributed by atoms with E-state index in [4.69, 9.17) is 0 Å². The average Bonchev–Trinajstić information content (AvgIpc) is 3.92. The summed E-state index contributed by atoms with van der Waals surface area (Å²) >= 11 is -5.87. The maximum absolute atomic E-state index is 9.49. The van der Waals surface area contributed by atoms with Crippen LogP contribution in [0.2, 0.25) is 0 Å². The van der Waals surface area contributed by atoms with Crippen molar-refractivity contribution >= 4 is 52.5 Å². The van der Waals surface area contributed by atoms with Gasteiger partial charge in [-0.25, -0.2) is 0 Å². The van der Waals surface area contributed by atoms with Gasteiger partial charge in [-0.2, -0.15) is 0 Å². The monoisotopic (exact) mass is 1040 g/mol. The summed E-state index contributed by atoms with van der Waals surface area (Å²) in [5.41, 5.74) is 19.0. The molecule has 0 bridgehead atoms. The van der Waals surface area contributed by atoms with Gasteiger partial charge in [0.15, 0.2) is 0 Å². The van der Waals surface area contributed by atoms with E-state index in [9.17, 15) is 17.2 Å². The first-order chi connectivity index (χ1) is 29.7. The van der Waals surface area contributed by atoms with E-state index >= 15 is 0 Å². The Morgan fingerprint density at radius 1 is 0.435 bits per heavy atom. The molecule has 0 saturated heterocycles. The Bertz CT molecular complexity index is 2610. The van der Waals surface area contributed by atoms with Crippen LogP contribution in [0.15, 0.2) is 139 Å². The Labute approximate surface area is 383 Å². The van der Waals surface area contributed by atoms with Crippen molar-refractivity contribution in [1.82, 2.24) is 0 Å². The van der Waals surface area contributed by atoms with Crippen molar-refractivity contribution < 1.29 is 16.1 Å². The maximum atomic E-state index is 9.49. The van der Waals surface area contributed by atoms with Crippen molar-refractivity contribution in [3.05, 3.63) is 172 Å². The minimum absolute atomic E-state index is 0.0856. The van der Waals surface area contributed by atoms with E-state index in [0.29, 0.717) is 23.7 Å².